The molecule has 0 atom stereocenters. The maximum atomic E-state index is 5.38. The monoisotopic (exact) mass is 290 g/mol. The summed E-state index contributed by atoms with van der Waals surface area (Å²) in [5, 5.41) is 10.0. The lowest BCUT2D eigenvalue weighted by Crippen LogP contribution is -2.34. The van der Waals surface area contributed by atoms with Crippen molar-refractivity contribution in [1.82, 2.24) is 16.0 Å². The number of rotatable bonds is 15. The quantitative estimate of drug-likeness (QED) is 0.172. The van der Waals surface area contributed by atoms with Gasteiger partial charge in [0, 0.05) is 53.5 Å². The summed E-state index contributed by atoms with van der Waals surface area (Å²) in [6, 6.07) is 1.15. The highest BCUT2D eigenvalue weighted by Crippen LogP contribution is 1.95. The summed E-state index contributed by atoms with van der Waals surface area (Å²) in [6.45, 7) is 6.64. The highest BCUT2D eigenvalue weighted by atomic mass is 28.2. The minimum Gasteiger partial charge on any atom is -0.360 e. The third-order valence-electron chi connectivity index (χ3n) is 2.55. The molecule has 2 radical (unpaired) electrons. The van der Waals surface area contributed by atoms with E-state index in [9.17, 15) is 0 Å². The molecule has 0 heterocycles. The standard InChI is InChI=1S/C12H30N4O2Si/c1-17-12(18-2)19-11-3-5-14-7-9-16-10-8-15-6-4-13/h12,14-16H,3-11,13H2,1-2H3. The fraction of sp³-hybridized carbons (Fsp3) is 1.00. The van der Waals surface area contributed by atoms with Gasteiger partial charge >= 0.3 is 0 Å². The van der Waals surface area contributed by atoms with Crippen molar-refractivity contribution in [2.45, 2.75) is 18.4 Å². The van der Waals surface area contributed by atoms with Gasteiger partial charge in [-0.3, -0.25) is 0 Å². The van der Waals surface area contributed by atoms with Gasteiger partial charge in [-0.05, 0) is 13.0 Å². The van der Waals surface area contributed by atoms with Gasteiger partial charge in [-0.2, -0.15) is 0 Å². The lowest BCUT2D eigenvalue weighted by molar-refractivity contribution is -0.0441. The van der Waals surface area contributed by atoms with Crippen LogP contribution < -0.4 is 21.7 Å². The number of nitrogens with one attached hydrogen (secondary N) is 3. The molecule has 0 aliphatic heterocycles. The smallest absolute Gasteiger partial charge is 0.136 e. The van der Waals surface area contributed by atoms with Gasteiger partial charge < -0.3 is 31.2 Å². The maximum Gasteiger partial charge on any atom is 0.136 e. The zero-order chi connectivity index (χ0) is 14.2. The second-order valence-corrected chi connectivity index (χ2v) is 5.53. The van der Waals surface area contributed by atoms with Crippen LogP contribution in [0, 0.1) is 0 Å². The van der Waals surface area contributed by atoms with E-state index in [2.05, 4.69) is 16.0 Å². The number of ether oxygens (including phenoxy) is 2. The van der Waals surface area contributed by atoms with Crippen LogP contribution in [0.3, 0.4) is 0 Å². The van der Waals surface area contributed by atoms with Crippen molar-refractivity contribution in [3.05, 3.63) is 0 Å². The van der Waals surface area contributed by atoms with Gasteiger partial charge in [0.1, 0.15) is 15.4 Å². The van der Waals surface area contributed by atoms with Crippen LogP contribution in [0.25, 0.3) is 0 Å². The van der Waals surface area contributed by atoms with E-state index in [1.54, 1.807) is 14.2 Å². The summed E-state index contributed by atoms with van der Waals surface area (Å²) in [5.74, 6) is -0.0253. The second-order valence-electron chi connectivity index (χ2n) is 4.15. The number of hydrogen-bond donors (Lipinski definition) is 4. The first kappa shape index (κ1) is 19.0. The Morgan fingerprint density at radius 1 is 0.895 bits per heavy atom. The van der Waals surface area contributed by atoms with Crippen molar-refractivity contribution in [2.24, 2.45) is 5.73 Å². The topological polar surface area (TPSA) is 80.6 Å². The Labute approximate surface area is 120 Å². The Morgan fingerprint density at radius 2 is 1.42 bits per heavy atom. The van der Waals surface area contributed by atoms with Crippen molar-refractivity contribution in [3.63, 3.8) is 0 Å². The van der Waals surface area contributed by atoms with E-state index in [1.807, 2.05) is 0 Å². The molecule has 0 bridgehead atoms. The zero-order valence-corrected chi connectivity index (χ0v) is 13.3. The van der Waals surface area contributed by atoms with Crippen LogP contribution in [-0.2, 0) is 9.47 Å². The van der Waals surface area contributed by atoms with Crippen LogP contribution >= 0.6 is 0 Å². The second kappa shape index (κ2) is 16.0. The van der Waals surface area contributed by atoms with Gasteiger partial charge in [0.2, 0.25) is 0 Å². The molecule has 6 nitrogen and oxygen atoms in total. The molecule has 0 rings (SSSR count). The fourth-order valence-corrected chi connectivity index (χ4v) is 2.48. The molecule has 0 unspecified atom stereocenters. The molecule has 0 aromatic carbocycles. The Kier molecular flexibility index (Phi) is 16.0. The Balaban J connectivity index is 3.02. The number of nitrogens with two attached hydrogens (primary N) is 1. The van der Waals surface area contributed by atoms with Crippen molar-refractivity contribution in [2.75, 3.05) is 60.0 Å². The van der Waals surface area contributed by atoms with Gasteiger partial charge in [-0.1, -0.05) is 6.04 Å². The van der Waals surface area contributed by atoms with E-state index in [-0.39, 0.29) is 5.91 Å². The third-order valence-corrected chi connectivity index (χ3v) is 3.99. The van der Waals surface area contributed by atoms with E-state index in [4.69, 9.17) is 15.2 Å². The Hall–Kier alpha value is -0.0231. The Bertz CT molecular complexity index is 174. The summed E-state index contributed by atoms with van der Waals surface area (Å²) in [4.78, 5) is 0. The van der Waals surface area contributed by atoms with E-state index >= 15 is 0 Å². The summed E-state index contributed by atoms with van der Waals surface area (Å²) < 4.78 is 10.3. The van der Waals surface area contributed by atoms with Gasteiger partial charge in [-0.15, -0.1) is 0 Å². The molecule has 0 aromatic heterocycles. The van der Waals surface area contributed by atoms with Crippen LogP contribution in [0.4, 0.5) is 0 Å². The molecule has 0 aromatic rings. The minimum atomic E-state index is -0.0253. The van der Waals surface area contributed by atoms with E-state index in [0.717, 1.165) is 45.3 Å². The minimum absolute atomic E-state index is 0.0253. The molecule has 0 saturated carbocycles. The summed E-state index contributed by atoms with van der Waals surface area (Å²) in [6.07, 6.45) is 1.17. The van der Waals surface area contributed by atoms with Crippen LogP contribution in [0.2, 0.25) is 6.04 Å². The summed E-state index contributed by atoms with van der Waals surface area (Å²) in [5.41, 5.74) is 5.38. The molecular formula is C12H30N4O2Si. The Morgan fingerprint density at radius 3 is 1.95 bits per heavy atom. The summed E-state index contributed by atoms with van der Waals surface area (Å²) in [7, 11) is 4.09. The molecule has 0 saturated heterocycles. The predicted molar refractivity (Wildman–Crippen MR) is 80.6 cm³/mol. The average molecular weight is 290 g/mol. The van der Waals surface area contributed by atoms with E-state index < -0.39 is 0 Å². The molecule has 0 aliphatic rings. The highest BCUT2D eigenvalue weighted by Gasteiger charge is 2.04. The average Bonchev–Trinajstić information content (AvgIpc) is 2.44. The van der Waals surface area contributed by atoms with Crippen LogP contribution in [-0.4, -0.2) is 75.5 Å². The van der Waals surface area contributed by atoms with E-state index in [1.165, 1.54) is 6.42 Å². The molecular weight excluding hydrogens is 260 g/mol. The predicted octanol–water partition coefficient (Wildman–Crippen LogP) is -1.20. The van der Waals surface area contributed by atoms with Crippen molar-refractivity contribution in [1.29, 1.82) is 0 Å². The van der Waals surface area contributed by atoms with Crippen molar-refractivity contribution in [3.8, 4) is 0 Å². The van der Waals surface area contributed by atoms with Crippen molar-refractivity contribution < 1.29 is 9.47 Å². The van der Waals surface area contributed by atoms with Gasteiger partial charge in [0.25, 0.3) is 0 Å². The third kappa shape index (κ3) is 14.2. The van der Waals surface area contributed by atoms with Crippen LogP contribution in [0.15, 0.2) is 0 Å². The molecule has 5 N–H and O–H groups in total. The van der Waals surface area contributed by atoms with Gasteiger partial charge in [0.05, 0.1) is 0 Å². The number of methoxy groups -OCH3 is 2. The zero-order valence-electron chi connectivity index (χ0n) is 12.3. The molecule has 0 spiro atoms. The first-order valence-electron chi connectivity index (χ1n) is 6.96. The van der Waals surface area contributed by atoms with E-state index in [0.29, 0.717) is 16.1 Å². The van der Waals surface area contributed by atoms with Crippen LogP contribution in [0.1, 0.15) is 6.42 Å². The first-order chi connectivity index (χ1) is 9.35. The van der Waals surface area contributed by atoms with Crippen LogP contribution in [0.5, 0.6) is 0 Å². The van der Waals surface area contributed by atoms with Gasteiger partial charge in [-0.25, -0.2) is 0 Å². The first-order valence-corrected chi connectivity index (χ1v) is 8.24. The lowest BCUT2D eigenvalue weighted by atomic mass is 10.4. The highest BCUT2D eigenvalue weighted by molar-refractivity contribution is 6.36. The molecule has 0 aliphatic carbocycles. The largest absolute Gasteiger partial charge is 0.360 e. The molecule has 7 heteroatoms. The molecule has 19 heavy (non-hydrogen) atoms. The molecule has 114 valence electrons. The molecule has 0 amide bonds. The van der Waals surface area contributed by atoms with Gasteiger partial charge in [0.15, 0.2) is 0 Å². The SMILES string of the molecule is COC(OC)[Si]CCCNCCNCCNCCN. The summed E-state index contributed by atoms with van der Waals surface area (Å²) >= 11 is 0. The van der Waals surface area contributed by atoms with Crippen molar-refractivity contribution >= 4 is 9.52 Å². The molecule has 0 fully saturated rings. The normalized spacial score (nSPS) is 11.4. The fourth-order valence-electron chi connectivity index (χ4n) is 1.53. The number of hydrogen-bond acceptors (Lipinski definition) is 6. The maximum absolute atomic E-state index is 5.38. The lowest BCUT2D eigenvalue weighted by Gasteiger charge is -2.12.